The first kappa shape index (κ1) is 15.4. The number of carboxylic acids is 1. The van der Waals surface area contributed by atoms with Crippen LogP contribution in [0, 0.1) is 0 Å². The number of halogens is 2. The van der Waals surface area contributed by atoms with Gasteiger partial charge in [-0.05, 0) is 23.8 Å². The maximum atomic E-state index is 11.7. The molecule has 0 radical (unpaired) electrons. The van der Waals surface area contributed by atoms with Crippen LogP contribution >= 0.6 is 23.2 Å². The van der Waals surface area contributed by atoms with Crippen LogP contribution in [0.25, 0.3) is 11.1 Å². The van der Waals surface area contributed by atoms with Crippen molar-refractivity contribution in [2.24, 2.45) is 0 Å². The smallest absolute Gasteiger partial charge is 0.339 e. The van der Waals surface area contributed by atoms with Crippen molar-refractivity contribution in [1.29, 1.82) is 0 Å². The Bertz CT molecular complexity index is 726. The maximum Gasteiger partial charge on any atom is 0.339 e. The summed E-state index contributed by atoms with van der Waals surface area (Å²) in [7, 11) is 1.20. The van der Waals surface area contributed by atoms with E-state index in [4.69, 9.17) is 23.2 Å². The minimum atomic E-state index is -1.24. The molecule has 0 atom stereocenters. The van der Waals surface area contributed by atoms with E-state index in [0.717, 1.165) is 0 Å². The Morgan fingerprint density at radius 3 is 2.29 bits per heavy atom. The minimum Gasteiger partial charge on any atom is -0.478 e. The summed E-state index contributed by atoms with van der Waals surface area (Å²) in [5, 5.41) is 9.49. The number of carbonyl (C=O) groups excluding carboxylic acids is 1. The molecule has 6 heteroatoms. The standard InChI is InChI=1S/C15H10Cl2O4/c1-21-15(20)11-7-8(6-10(13(11)17)14(18)19)9-4-2-3-5-12(9)16/h2-7H,1H3,(H,18,19). The molecule has 0 bridgehead atoms. The first-order chi connectivity index (χ1) is 9.95. The maximum absolute atomic E-state index is 11.7. The van der Waals surface area contributed by atoms with Gasteiger partial charge in [0.25, 0.3) is 0 Å². The zero-order chi connectivity index (χ0) is 15.6. The number of carboxylic acid groups (broad SMARTS) is 1. The molecule has 108 valence electrons. The second-order valence-electron chi connectivity index (χ2n) is 4.16. The third-order valence-electron chi connectivity index (χ3n) is 2.89. The van der Waals surface area contributed by atoms with Gasteiger partial charge in [-0.25, -0.2) is 9.59 Å². The molecule has 0 aliphatic carbocycles. The average Bonchev–Trinajstić information content (AvgIpc) is 2.47. The fourth-order valence-electron chi connectivity index (χ4n) is 1.89. The molecule has 0 aliphatic rings. The summed E-state index contributed by atoms with van der Waals surface area (Å²) >= 11 is 12.1. The van der Waals surface area contributed by atoms with Crippen LogP contribution in [0.15, 0.2) is 36.4 Å². The number of rotatable bonds is 3. The topological polar surface area (TPSA) is 63.6 Å². The summed E-state index contributed by atoms with van der Waals surface area (Å²) < 4.78 is 4.62. The van der Waals surface area contributed by atoms with Gasteiger partial charge in [0.05, 0.1) is 23.3 Å². The molecule has 2 aromatic rings. The SMILES string of the molecule is COC(=O)c1cc(-c2ccccc2Cl)cc(C(=O)O)c1Cl. The summed E-state index contributed by atoms with van der Waals surface area (Å²) in [4.78, 5) is 23.0. The number of esters is 1. The largest absolute Gasteiger partial charge is 0.478 e. The number of benzene rings is 2. The van der Waals surface area contributed by atoms with Crippen molar-refractivity contribution in [2.75, 3.05) is 7.11 Å². The second kappa shape index (κ2) is 6.16. The third kappa shape index (κ3) is 3.01. The van der Waals surface area contributed by atoms with Gasteiger partial charge in [-0.3, -0.25) is 0 Å². The fraction of sp³-hybridized carbons (Fsp3) is 0.0667. The second-order valence-corrected chi connectivity index (χ2v) is 4.95. The van der Waals surface area contributed by atoms with Gasteiger partial charge in [-0.2, -0.15) is 0 Å². The molecule has 0 aliphatic heterocycles. The Kier molecular flexibility index (Phi) is 4.50. The molecule has 2 rings (SSSR count). The normalized spacial score (nSPS) is 10.2. The number of aromatic carboxylic acids is 1. The van der Waals surface area contributed by atoms with Gasteiger partial charge in [-0.1, -0.05) is 41.4 Å². The molecule has 2 aromatic carbocycles. The van der Waals surface area contributed by atoms with E-state index in [1.165, 1.54) is 19.2 Å². The van der Waals surface area contributed by atoms with Gasteiger partial charge in [0, 0.05) is 10.6 Å². The highest BCUT2D eigenvalue weighted by Gasteiger charge is 2.20. The van der Waals surface area contributed by atoms with Gasteiger partial charge < -0.3 is 9.84 Å². The Morgan fingerprint density at radius 1 is 1.10 bits per heavy atom. The Labute approximate surface area is 130 Å². The van der Waals surface area contributed by atoms with E-state index in [0.29, 0.717) is 16.1 Å². The van der Waals surface area contributed by atoms with Crippen LogP contribution in [0.1, 0.15) is 20.7 Å². The highest BCUT2D eigenvalue weighted by Crippen LogP contribution is 2.33. The first-order valence-electron chi connectivity index (χ1n) is 5.85. The highest BCUT2D eigenvalue weighted by molar-refractivity contribution is 6.37. The van der Waals surface area contributed by atoms with E-state index < -0.39 is 11.9 Å². The summed E-state index contributed by atoms with van der Waals surface area (Å²) in [6.45, 7) is 0. The molecule has 4 nitrogen and oxygen atoms in total. The molecule has 1 N–H and O–H groups in total. The Balaban J connectivity index is 2.74. The summed E-state index contributed by atoms with van der Waals surface area (Å²) in [6.07, 6.45) is 0. The van der Waals surface area contributed by atoms with Crippen LogP contribution in [-0.4, -0.2) is 24.2 Å². The molecular weight excluding hydrogens is 315 g/mol. The zero-order valence-electron chi connectivity index (χ0n) is 10.9. The number of hydrogen-bond acceptors (Lipinski definition) is 3. The molecule has 0 fully saturated rings. The van der Waals surface area contributed by atoms with Crippen molar-refractivity contribution >= 4 is 35.1 Å². The van der Waals surface area contributed by atoms with Crippen molar-refractivity contribution in [3.8, 4) is 11.1 Å². The van der Waals surface area contributed by atoms with Crippen molar-refractivity contribution in [3.63, 3.8) is 0 Å². The molecule has 0 heterocycles. The first-order valence-corrected chi connectivity index (χ1v) is 6.61. The lowest BCUT2D eigenvalue weighted by Gasteiger charge is -2.11. The van der Waals surface area contributed by atoms with Crippen LogP contribution in [-0.2, 0) is 4.74 Å². The van der Waals surface area contributed by atoms with Gasteiger partial charge in [0.2, 0.25) is 0 Å². The Hall–Kier alpha value is -2.04. The van der Waals surface area contributed by atoms with Gasteiger partial charge >= 0.3 is 11.9 Å². The summed E-state index contributed by atoms with van der Waals surface area (Å²) in [5.41, 5.74) is 0.870. The van der Waals surface area contributed by atoms with Crippen LogP contribution in [0.5, 0.6) is 0 Å². The van der Waals surface area contributed by atoms with E-state index in [9.17, 15) is 14.7 Å². The monoisotopic (exact) mass is 324 g/mol. The van der Waals surface area contributed by atoms with Gasteiger partial charge in [-0.15, -0.1) is 0 Å². The number of methoxy groups -OCH3 is 1. The molecule has 0 saturated carbocycles. The van der Waals surface area contributed by atoms with E-state index in [2.05, 4.69) is 4.74 Å². The minimum absolute atomic E-state index is 0.0195. The molecule has 0 aromatic heterocycles. The Morgan fingerprint density at radius 2 is 1.71 bits per heavy atom. The van der Waals surface area contributed by atoms with E-state index in [1.54, 1.807) is 24.3 Å². The van der Waals surface area contributed by atoms with Crippen molar-refractivity contribution < 1.29 is 19.4 Å². The quantitative estimate of drug-likeness (QED) is 0.861. The number of hydrogen-bond donors (Lipinski definition) is 1. The summed E-state index contributed by atoms with van der Waals surface area (Å²) in [5.74, 6) is -1.95. The van der Waals surface area contributed by atoms with Crippen LogP contribution < -0.4 is 0 Å². The molecule has 21 heavy (non-hydrogen) atoms. The molecule has 0 amide bonds. The number of ether oxygens (including phenoxy) is 1. The lowest BCUT2D eigenvalue weighted by atomic mass is 9.99. The van der Waals surface area contributed by atoms with Gasteiger partial charge in [0.15, 0.2) is 0 Å². The molecular formula is C15H10Cl2O4. The third-order valence-corrected chi connectivity index (χ3v) is 3.63. The number of carbonyl (C=O) groups is 2. The average molecular weight is 325 g/mol. The highest BCUT2D eigenvalue weighted by atomic mass is 35.5. The lowest BCUT2D eigenvalue weighted by Crippen LogP contribution is -2.07. The fourth-order valence-corrected chi connectivity index (χ4v) is 2.40. The molecule has 0 spiro atoms. The predicted molar refractivity (Wildman–Crippen MR) is 80.2 cm³/mol. The van der Waals surface area contributed by atoms with Crippen molar-refractivity contribution in [2.45, 2.75) is 0 Å². The predicted octanol–water partition coefficient (Wildman–Crippen LogP) is 4.15. The van der Waals surface area contributed by atoms with Gasteiger partial charge in [0.1, 0.15) is 0 Å². The zero-order valence-corrected chi connectivity index (χ0v) is 12.4. The van der Waals surface area contributed by atoms with E-state index in [1.807, 2.05) is 0 Å². The lowest BCUT2D eigenvalue weighted by molar-refractivity contribution is 0.0601. The van der Waals surface area contributed by atoms with E-state index in [-0.39, 0.29) is 16.1 Å². The summed E-state index contributed by atoms with van der Waals surface area (Å²) in [6, 6.07) is 9.73. The van der Waals surface area contributed by atoms with Crippen molar-refractivity contribution in [1.82, 2.24) is 0 Å². The van der Waals surface area contributed by atoms with Crippen LogP contribution in [0.3, 0.4) is 0 Å². The van der Waals surface area contributed by atoms with Crippen LogP contribution in [0.2, 0.25) is 10.0 Å². The molecule has 0 unspecified atom stereocenters. The molecule has 0 saturated heterocycles. The van der Waals surface area contributed by atoms with Crippen LogP contribution in [0.4, 0.5) is 0 Å². The van der Waals surface area contributed by atoms with Crippen molar-refractivity contribution in [3.05, 3.63) is 57.6 Å². The van der Waals surface area contributed by atoms with E-state index >= 15 is 0 Å².